The number of benzene rings is 1. The fraction of sp³-hybridized carbons (Fsp3) is 0.417. The van der Waals surface area contributed by atoms with Gasteiger partial charge in [-0.2, -0.15) is 0 Å². The number of rotatable bonds is 2. The normalized spacial score (nSPS) is 16.6. The Balaban J connectivity index is 2.01. The van der Waals surface area contributed by atoms with Crippen LogP contribution in [0.25, 0.3) is 0 Å². The molecular formula is C12H14FNO. The molecule has 0 saturated heterocycles. The second-order valence-corrected chi connectivity index (χ2v) is 3.97. The average molecular weight is 207 g/mol. The predicted octanol–water partition coefficient (Wildman–Crippen LogP) is 2.50. The molecule has 1 aromatic rings. The highest BCUT2D eigenvalue weighted by Gasteiger charge is 2.17. The molecule has 0 aromatic heterocycles. The van der Waals surface area contributed by atoms with E-state index in [2.05, 4.69) is 5.32 Å². The highest BCUT2D eigenvalue weighted by molar-refractivity contribution is 5.94. The number of carbonyl (C=O) groups excluding carboxylic acids is 1. The zero-order chi connectivity index (χ0) is 10.7. The van der Waals surface area contributed by atoms with Gasteiger partial charge in [0, 0.05) is 11.6 Å². The standard InChI is InChI=1S/C12H14FNO/c13-10-5-3-4-9(8-10)12(15)14-11-6-1-2-7-11/h3-5,8,11H,1-2,6-7H2,(H,14,15). The zero-order valence-electron chi connectivity index (χ0n) is 8.50. The third-order valence-electron chi connectivity index (χ3n) is 2.78. The van der Waals surface area contributed by atoms with Gasteiger partial charge in [-0.1, -0.05) is 18.9 Å². The van der Waals surface area contributed by atoms with Crippen molar-refractivity contribution in [3.05, 3.63) is 35.6 Å². The molecule has 1 aliphatic carbocycles. The first-order valence-corrected chi connectivity index (χ1v) is 5.32. The smallest absolute Gasteiger partial charge is 0.251 e. The predicted molar refractivity (Wildman–Crippen MR) is 56.1 cm³/mol. The molecule has 0 aliphatic heterocycles. The third kappa shape index (κ3) is 2.55. The Kier molecular flexibility index (Phi) is 2.99. The van der Waals surface area contributed by atoms with Gasteiger partial charge in [0.05, 0.1) is 0 Å². The van der Waals surface area contributed by atoms with Crippen molar-refractivity contribution < 1.29 is 9.18 Å². The Hall–Kier alpha value is -1.38. The number of amides is 1. The second-order valence-electron chi connectivity index (χ2n) is 3.97. The monoisotopic (exact) mass is 207 g/mol. The summed E-state index contributed by atoms with van der Waals surface area (Å²) >= 11 is 0. The quantitative estimate of drug-likeness (QED) is 0.793. The van der Waals surface area contributed by atoms with Crippen molar-refractivity contribution >= 4 is 5.91 Å². The van der Waals surface area contributed by atoms with Gasteiger partial charge in [-0.25, -0.2) is 4.39 Å². The van der Waals surface area contributed by atoms with Crippen molar-refractivity contribution in [3.8, 4) is 0 Å². The van der Waals surface area contributed by atoms with Crippen LogP contribution in [0, 0.1) is 5.82 Å². The summed E-state index contributed by atoms with van der Waals surface area (Å²) in [6, 6.07) is 6.07. The van der Waals surface area contributed by atoms with Gasteiger partial charge in [0.15, 0.2) is 0 Å². The molecule has 0 atom stereocenters. The van der Waals surface area contributed by atoms with E-state index in [0.717, 1.165) is 12.8 Å². The molecule has 1 N–H and O–H groups in total. The minimum atomic E-state index is -0.367. The Morgan fingerprint density at radius 2 is 2.07 bits per heavy atom. The second kappa shape index (κ2) is 4.43. The van der Waals surface area contributed by atoms with Gasteiger partial charge in [-0.15, -0.1) is 0 Å². The molecule has 15 heavy (non-hydrogen) atoms. The van der Waals surface area contributed by atoms with Crippen LogP contribution in [0.3, 0.4) is 0 Å². The molecule has 1 amide bonds. The van der Waals surface area contributed by atoms with Crippen LogP contribution >= 0.6 is 0 Å². The van der Waals surface area contributed by atoms with Crippen LogP contribution in [0.1, 0.15) is 36.0 Å². The third-order valence-corrected chi connectivity index (χ3v) is 2.78. The van der Waals surface area contributed by atoms with E-state index in [1.54, 1.807) is 12.1 Å². The van der Waals surface area contributed by atoms with Crippen LogP contribution < -0.4 is 5.32 Å². The van der Waals surface area contributed by atoms with Gasteiger partial charge < -0.3 is 5.32 Å². The summed E-state index contributed by atoms with van der Waals surface area (Å²) in [5.41, 5.74) is 0.405. The lowest BCUT2D eigenvalue weighted by Crippen LogP contribution is -2.32. The molecular weight excluding hydrogens is 193 g/mol. The minimum absolute atomic E-state index is 0.165. The molecule has 0 bridgehead atoms. The number of carbonyl (C=O) groups is 1. The van der Waals surface area contributed by atoms with E-state index in [-0.39, 0.29) is 17.8 Å². The van der Waals surface area contributed by atoms with Crippen molar-refractivity contribution in [3.63, 3.8) is 0 Å². The van der Waals surface area contributed by atoms with Crippen LogP contribution in [0.2, 0.25) is 0 Å². The highest BCUT2D eigenvalue weighted by Crippen LogP contribution is 2.18. The summed E-state index contributed by atoms with van der Waals surface area (Å²) in [6.07, 6.45) is 4.43. The molecule has 1 aliphatic rings. The Morgan fingerprint density at radius 3 is 2.73 bits per heavy atom. The minimum Gasteiger partial charge on any atom is -0.349 e. The highest BCUT2D eigenvalue weighted by atomic mass is 19.1. The van der Waals surface area contributed by atoms with Gasteiger partial charge >= 0.3 is 0 Å². The fourth-order valence-corrected chi connectivity index (χ4v) is 1.97. The SMILES string of the molecule is O=C(NC1CCCC1)c1cccc(F)c1. The summed E-state index contributed by atoms with van der Waals surface area (Å²) in [6.45, 7) is 0. The maximum atomic E-state index is 12.9. The van der Waals surface area contributed by atoms with Crippen LogP contribution in [0.5, 0.6) is 0 Å². The van der Waals surface area contributed by atoms with Crippen LogP contribution in [-0.4, -0.2) is 11.9 Å². The largest absolute Gasteiger partial charge is 0.349 e. The van der Waals surface area contributed by atoms with Crippen molar-refractivity contribution in [1.29, 1.82) is 0 Å². The lowest BCUT2D eigenvalue weighted by Gasteiger charge is -2.11. The molecule has 0 spiro atoms. The van der Waals surface area contributed by atoms with Crippen molar-refractivity contribution in [2.75, 3.05) is 0 Å². The first kappa shape index (κ1) is 10.1. The van der Waals surface area contributed by atoms with E-state index >= 15 is 0 Å². The molecule has 3 heteroatoms. The topological polar surface area (TPSA) is 29.1 Å². The van der Waals surface area contributed by atoms with Crippen LogP contribution in [0.15, 0.2) is 24.3 Å². The van der Waals surface area contributed by atoms with E-state index in [9.17, 15) is 9.18 Å². The Morgan fingerprint density at radius 1 is 1.33 bits per heavy atom. The molecule has 1 aromatic carbocycles. The van der Waals surface area contributed by atoms with Gasteiger partial charge in [-0.05, 0) is 31.0 Å². The molecule has 80 valence electrons. The van der Waals surface area contributed by atoms with Crippen molar-refractivity contribution in [2.45, 2.75) is 31.7 Å². The summed E-state index contributed by atoms with van der Waals surface area (Å²) in [4.78, 5) is 11.7. The summed E-state index contributed by atoms with van der Waals surface area (Å²) in [5, 5.41) is 2.92. The van der Waals surface area contributed by atoms with E-state index in [4.69, 9.17) is 0 Å². The van der Waals surface area contributed by atoms with E-state index < -0.39 is 0 Å². The van der Waals surface area contributed by atoms with E-state index in [0.29, 0.717) is 5.56 Å². The molecule has 2 rings (SSSR count). The van der Waals surface area contributed by atoms with Crippen LogP contribution in [-0.2, 0) is 0 Å². The van der Waals surface area contributed by atoms with E-state index in [1.165, 1.54) is 25.0 Å². The van der Waals surface area contributed by atoms with Gasteiger partial charge in [-0.3, -0.25) is 4.79 Å². The average Bonchev–Trinajstić information content (AvgIpc) is 2.70. The van der Waals surface area contributed by atoms with Crippen molar-refractivity contribution in [2.24, 2.45) is 0 Å². The van der Waals surface area contributed by atoms with Crippen molar-refractivity contribution in [1.82, 2.24) is 5.32 Å². The first-order chi connectivity index (χ1) is 7.25. The molecule has 0 heterocycles. The molecule has 1 saturated carbocycles. The van der Waals surface area contributed by atoms with E-state index in [1.807, 2.05) is 0 Å². The first-order valence-electron chi connectivity index (χ1n) is 5.32. The van der Waals surface area contributed by atoms with Gasteiger partial charge in [0.2, 0.25) is 0 Å². The Bertz CT molecular complexity index is 358. The number of nitrogens with one attached hydrogen (secondary N) is 1. The summed E-state index contributed by atoms with van der Waals surface area (Å²) < 4.78 is 12.9. The molecule has 0 radical (unpaired) electrons. The maximum absolute atomic E-state index is 12.9. The molecule has 1 fully saturated rings. The maximum Gasteiger partial charge on any atom is 0.251 e. The number of hydrogen-bond acceptors (Lipinski definition) is 1. The zero-order valence-corrected chi connectivity index (χ0v) is 8.50. The van der Waals surface area contributed by atoms with Gasteiger partial charge in [0.1, 0.15) is 5.82 Å². The Labute approximate surface area is 88.5 Å². The fourth-order valence-electron chi connectivity index (χ4n) is 1.97. The number of hydrogen-bond donors (Lipinski definition) is 1. The summed E-state index contributed by atoms with van der Waals surface area (Å²) in [7, 11) is 0. The summed E-state index contributed by atoms with van der Waals surface area (Å²) in [5.74, 6) is -0.532. The molecule has 2 nitrogen and oxygen atoms in total. The van der Waals surface area contributed by atoms with Gasteiger partial charge in [0.25, 0.3) is 5.91 Å². The lowest BCUT2D eigenvalue weighted by molar-refractivity contribution is 0.0937. The molecule has 0 unspecified atom stereocenters. The number of halogens is 1. The van der Waals surface area contributed by atoms with Crippen LogP contribution in [0.4, 0.5) is 4.39 Å². The lowest BCUT2D eigenvalue weighted by atomic mass is 10.2.